The molecule has 0 fully saturated rings. The van der Waals surface area contributed by atoms with E-state index in [0.29, 0.717) is 6.54 Å². The summed E-state index contributed by atoms with van der Waals surface area (Å²) in [5.41, 5.74) is 0.252. The van der Waals surface area contributed by atoms with Crippen LogP contribution in [0.15, 0.2) is 6.33 Å². The number of imidazole rings is 1. The van der Waals surface area contributed by atoms with E-state index in [2.05, 4.69) is 4.98 Å². The summed E-state index contributed by atoms with van der Waals surface area (Å²) in [6, 6.07) is 0. The number of hydrogen-bond acceptors (Lipinski definition) is 2. The maximum absolute atomic E-state index is 12.5. The van der Waals surface area contributed by atoms with Gasteiger partial charge in [-0.3, -0.25) is 0 Å². The van der Waals surface area contributed by atoms with E-state index < -0.39 is 5.95 Å². The van der Waals surface area contributed by atoms with Crippen LogP contribution >= 0.6 is 0 Å². The summed E-state index contributed by atoms with van der Waals surface area (Å²) in [4.78, 5) is 3.39. The fourth-order valence-electron chi connectivity index (χ4n) is 0.812. The molecule has 1 N–H and O–H groups in total. The van der Waals surface area contributed by atoms with E-state index in [0.717, 1.165) is 0 Å². The molecule has 0 aromatic carbocycles. The lowest BCUT2D eigenvalue weighted by atomic mass is 10.5. The third kappa shape index (κ3) is 1.02. The Labute approximate surface area is 58.1 Å². The number of halogens is 1. The monoisotopic (exact) mass is 144 g/mol. The number of aliphatic hydroxyl groups excluding tert-OH is 1. The van der Waals surface area contributed by atoms with E-state index in [4.69, 9.17) is 5.11 Å². The Morgan fingerprint density at radius 3 is 2.90 bits per heavy atom. The third-order valence-corrected chi connectivity index (χ3v) is 1.39. The predicted molar refractivity (Wildman–Crippen MR) is 33.8 cm³/mol. The molecule has 1 aromatic heterocycles. The minimum atomic E-state index is -0.579. The molecule has 3 nitrogen and oxygen atoms in total. The van der Waals surface area contributed by atoms with Crippen LogP contribution < -0.4 is 0 Å². The van der Waals surface area contributed by atoms with Crippen LogP contribution in [-0.2, 0) is 13.2 Å². The highest BCUT2D eigenvalue weighted by atomic mass is 19.1. The Hall–Kier alpha value is -0.900. The van der Waals surface area contributed by atoms with Crippen LogP contribution in [0.25, 0.3) is 0 Å². The van der Waals surface area contributed by atoms with Crippen LogP contribution in [0.3, 0.4) is 0 Å². The maximum Gasteiger partial charge on any atom is 0.236 e. The zero-order chi connectivity index (χ0) is 7.56. The summed E-state index contributed by atoms with van der Waals surface area (Å²) in [6.07, 6.45) is 1.38. The average molecular weight is 144 g/mol. The number of aliphatic hydroxyl groups is 1. The molecule has 0 aliphatic heterocycles. The van der Waals surface area contributed by atoms with Crippen LogP contribution in [0.2, 0.25) is 0 Å². The number of aryl methyl sites for hydroxylation is 1. The summed E-state index contributed by atoms with van der Waals surface area (Å²) in [5.74, 6) is -0.579. The summed E-state index contributed by atoms with van der Waals surface area (Å²) < 4.78 is 14.1. The van der Waals surface area contributed by atoms with Gasteiger partial charge in [-0.25, -0.2) is 4.98 Å². The molecular formula is C6H9FN2O. The van der Waals surface area contributed by atoms with Gasteiger partial charge < -0.3 is 9.67 Å². The minimum absolute atomic E-state index is 0.252. The first kappa shape index (κ1) is 7.21. The molecule has 0 radical (unpaired) electrons. The second-order valence-corrected chi connectivity index (χ2v) is 1.93. The lowest BCUT2D eigenvalue weighted by molar-refractivity contribution is 0.264. The molecular weight excluding hydrogens is 135 g/mol. The number of nitrogens with zero attached hydrogens (tertiary/aromatic N) is 2. The summed E-state index contributed by atoms with van der Waals surface area (Å²) in [5, 5.41) is 8.62. The topological polar surface area (TPSA) is 38.0 Å². The van der Waals surface area contributed by atoms with Crippen molar-refractivity contribution in [1.29, 1.82) is 0 Å². The molecule has 0 aliphatic rings. The van der Waals surface area contributed by atoms with Crippen molar-refractivity contribution in [3.8, 4) is 0 Å². The smallest absolute Gasteiger partial charge is 0.236 e. The number of aromatic nitrogens is 2. The quantitative estimate of drug-likeness (QED) is 0.657. The van der Waals surface area contributed by atoms with Crippen LogP contribution in [0.1, 0.15) is 12.6 Å². The number of hydrogen-bond donors (Lipinski definition) is 1. The van der Waals surface area contributed by atoms with Crippen molar-refractivity contribution >= 4 is 0 Å². The van der Waals surface area contributed by atoms with Crippen LogP contribution in [0.4, 0.5) is 4.39 Å². The van der Waals surface area contributed by atoms with Crippen molar-refractivity contribution < 1.29 is 9.50 Å². The molecule has 1 aromatic rings. The zero-order valence-corrected chi connectivity index (χ0v) is 5.71. The SMILES string of the molecule is CCn1cnc(F)c1CO. The first-order valence-corrected chi connectivity index (χ1v) is 3.10. The molecule has 0 saturated heterocycles. The van der Waals surface area contributed by atoms with E-state index in [9.17, 15) is 4.39 Å². The summed E-state index contributed by atoms with van der Waals surface area (Å²) in [7, 11) is 0. The fraction of sp³-hybridized carbons (Fsp3) is 0.500. The molecule has 10 heavy (non-hydrogen) atoms. The first-order chi connectivity index (χ1) is 4.79. The highest BCUT2D eigenvalue weighted by Crippen LogP contribution is 2.04. The lowest BCUT2D eigenvalue weighted by Gasteiger charge is -1.99. The fourth-order valence-corrected chi connectivity index (χ4v) is 0.812. The molecule has 0 spiro atoms. The standard InChI is InChI=1S/C6H9FN2O/c1-2-9-4-8-6(7)5(9)3-10/h4,10H,2-3H2,1H3. The van der Waals surface area contributed by atoms with Crippen LogP contribution in [0, 0.1) is 5.95 Å². The van der Waals surface area contributed by atoms with Crippen molar-refractivity contribution in [2.45, 2.75) is 20.1 Å². The molecule has 0 unspecified atom stereocenters. The maximum atomic E-state index is 12.5. The molecule has 0 atom stereocenters. The van der Waals surface area contributed by atoms with Crippen molar-refractivity contribution in [2.24, 2.45) is 0 Å². The van der Waals surface area contributed by atoms with Gasteiger partial charge in [0.05, 0.1) is 12.9 Å². The normalized spacial score (nSPS) is 10.3. The van der Waals surface area contributed by atoms with Gasteiger partial charge >= 0.3 is 0 Å². The van der Waals surface area contributed by atoms with Crippen molar-refractivity contribution in [3.05, 3.63) is 18.0 Å². The van der Waals surface area contributed by atoms with Crippen molar-refractivity contribution in [3.63, 3.8) is 0 Å². The van der Waals surface area contributed by atoms with E-state index in [1.54, 1.807) is 4.57 Å². The highest BCUT2D eigenvalue weighted by molar-refractivity contribution is 4.98. The van der Waals surface area contributed by atoms with Crippen LogP contribution in [-0.4, -0.2) is 14.7 Å². The second-order valence-electron chi connectivity index (χ2n) is 1.93. The van der Waals surface area contributed by atoms with E-state index in [-0.39, 0.29) is 12.3 Å². The Balaban J connectivity index is 3.01. The molecule has 1 rings (SSSR count). The second kappa shape index (κ2) is 2.79. The van der Waals surface area contributed by atoms with Gasteiger partial charge in [0.2, 0.25) is 5.95 Å². The third-order valence-electron chi connectivity index (χ3n) is 1.39. The lowest BCUT2D eigenvalue weighted by Crippen LogP contribution is -2.00. The molecule has 0 aliphatic carbocycles. The van der Waals surface area contributed by atoms with Gasteiger partial charge in [-0.15, -0.1) is 0 Å². The van der Waals surface area contributed by atoms with Gasteiger partial charge in [-0.2, -0.15) is 4.39 Å². The van der Waals surface area contributed by atoms with Gasteiger partial charge in [0, 0.05) is 6.54 Å². The molecule has 4 heteroatoms. The van der Waals surface area contributed by atoms with Gasteiger partial charge in [-0.05, 0) is 6.92 Å². The minimum Gasteiger partial charge on any atom is -0.390 e. The Kier molecular flexibility index (Phi) is 2.01. The summed E-state index contributed by atoms with van der Waals surface area (Å²) in [6.45, 7) is 2.20. The van der Waals surface area contributed by atoms with Crippen molar-refractivity contribution in [2.75, 3.05) is 0 Å². The van der Waals surface area contributed by atoms with Crippen molar-refractivity contribution in [1.82, 2.24) is 9.55 Å². The first-order valence-electron chi connectivity index (χ1n) is 3.10. The molecule has 56 valence electrons. The predicted octanol–water partition coefficient (Wildman–Crippen LogP) is 0.534. The van der Waals surface area contributed by atoms with Gasteiger partial charge in [0.1, 0.15) is 5.69 Å². The Morgan fingerprint density at radius 2 is 2.50 bits per heavy atom. The highest BCUT2D eigenvalue weighted by Gasteiger charge is 2.06. The van der Waals surface area contributed by atoms with Gasteiger partial charge in [0.25, 0.3) is 0 Å². The van der Waals surface area contributed by atoms with E-state index in [1.165, 1.54) is 6.33 Å². The van der Waals surface area contributed by atoms with Gasteiger partial charge in [-0.1, -0.05) is 0 Å². The molecule has 0 amide bonds. The molecule has 1 heterocycles. The average Bonchev–Trinajstić information content (AvgIpc) is 2.30. The van der Waals surface area contributed by atoms with Crippen LogP contribution in [0.5, 0.6) is 0 Å². The zero-order valence-electron chi connectivity index (χ0n) is 5.71. The largest absolute Gasteiger partial charge is 0.390 e. The van der Waals surface area contributed by atoms with Gasteiger partial charge in [0.15, 0.2) is 0 Å². The van der Waals surface area contributed by atoms with E-state index >= 15 is 0 Å². The molecule has 0 bridgehead atoms. The summed E-state index contributed by atoms with van der Waals surface area (Å²) >= 11 is 0. The Bertz CT molecular complexity index is 222. The Morgan fingerprint density at radius 1 is 1.80 bits per heavy atom. The molecule has 0 saturated carbocycles. The van der Waals surface area contributed by atoms with E-state index in [1.807, 2.05) is 6.92 Å². The number of rotatable bonds is 2.